The molecule has 3 aliphatic rings. The molecule has 0 radical (unpaired) electrons. The third-order valence-corrected chi connectivity index (χ3v) is 6.76. The summed E-state index contributed by atoms with van der Waals surface area (Å²) in [4.78, 5) is 14.6. The van der Waals surface area contributed by atoms with E-state index in [9.17, 15) is 9.18 Å². The van der Waals surface area contributed by atoms with E-state index in [0.717, 1.165) is 50.1 Å². The van der Waals surface area contributed by atoms with Gasteiger partial charge < -0.3 is 10.2 Å². The van der Waals surface area contributed by atoms with E-state index in [1.165, 1.54) is 24.2 Å². The van der Waals surface area contributed by atoms with Crippen molar-refractivity contribution in [3.05, 3.63) is 71.6 Å². The van der Waals surface area contributed by atoms with Gasteiger partial charge in [-0.05, 0) is 66.2 Å². The lowest BCUT2D eigenvalue weighted by molar-refractivity contribution is -0.116. The molecule has 4 rings (SSSR count). The van der Waals surface area contributed by atoms with E-state index in [-0.39, 0.29) is 11.7 Å². The highest BCUT2D eigenvalue weighted by Crippen LogP contribution is 2.53. The third-order valence-electron chi connectivity index (χ3n) is 6.76. The maximum atomic E-state index is 13.0. The van der Waals surface area contributed by atoms with E-state index < -0.39 is 0 Å². The summed E-state index contributed by atoms with van der Waals surface area (Å²) in [6.07, 6.45) is 13.1. The minimum Gasteiger partial charge on any atom is -0.353 e. The van der Waals surface area contributed by atoms with Crippen LogP contribution in [0, 0.1) is 29.5 Å². The summed E-state index contributed by atoms with van der Waals surface area (Å²) in [6.45, 7) is 6.35. The molecule has 3 nitrogen and oxygen atoms in total. The van der Waals surface area contributed by atoms with Gasteiger partial charge in [0.15, 0.2) is 0 Å². The molecule has 1 saturated heterocycles. The van der Waals surface area contributed by atoms with Crippen LogP contribution in [0.1, 0.15) is 25.3 Å². The molecule has 1 heterocycles. The number of hydrogen-bond acceptors (Lipinski definition) is 2. The number of benzene rings is 1. The molecule has 29 heavy (non-hydrogen) atoms. The average Bonchev–Trinajstić information content (AvgIpc) is 3.17. The molecule has 4 atom stereocenters. The normalized spacial score (nSPS) is 28.4. The van der Waals surface area contributed by atoms with Gasteiger partial charge in [0.2, 0.25) is 5.91 Å². The van der Waals surface area contributed by atoms with E-state index in [1.54, 1.807) is 18.2 Å². The molecule has 1 saturated carbocycles. The second kappa shape index (κ2) is 9.08. The summed E-state index contributed by atoms with van der Waals surface area (Å²) in [7, 11) is 0. The van der Waals surface area contributed by atoms with Crippen molar-refractivity contribution in [3.8, 4) is 0 Å². The molecule has 1 aliphatic heterocycles. The Kier molecular flexibility index (Phi) is 6.29. The molecular weight excluding hydrogens is 363 g/mol. The Morgan fingerprint density at radius 3 is 2.72 bits per heavy atom. The van der Waals surface area contributed by atoms with E-state index in [1.807, 2.05) is 18.2 Å². The molecule has 2 fully saturated rings. The number of piperidine rings is 1. The zero-order valence-electron chi connectivity index (χ0n) is 17.2. The molecule has 2 aliphatic carbocycles. The number of fused-ring (bicyclic) bond motifs is 1. The highest BCUT2D eigenvalue weighted by atomic mass is 19.1. The molecule has 154 valence electrons. The topological polar surface area (TPSA) is 32.3 Å². The fraction of sp³-hybridized carbons (Fsp3) is 0.480. The van der Waals surface area contributed by atoms with Crippen LogP contribution in [0.5, 0.6) is 0 Å². The fourth-order valence-electron chi connectivity index (χ4n) is 4.86. The van der Waals surface area contributed by atoms with Gasteiger partial charge in [0.25, 0.3) is 0 Å². The highest BCUT2D eigenvalue weighted by Gasteiger charge is 2.54. The SMILES string of the molecule is CC1CC=CC=C1/C=C/C(=O)NCCC1[C@H]2CN(CCc3ccc(F)cc3)C[C@@H]12. The molecule has 4 heteroatoms. The van der Waals surface area contributed by atoms with Crippen molar-refractivity contribution in [2.75, 3.05) is 26.2 Å². The number of nitrogens with one attached hydrogen (secondary N) is 1. The van der Waals surface area contributed by atoms with Crippen LogP contribution < -0.4 is 5.32 Å². The zero-order chi connectivity index (χ0) is 20.2. The Labute approximate surface area is 173 Å². The van der Waals surface area contributed by atoms with Gasteiger partial charge in [-0.1, -0.05) is 43.4 Å². The predicted octanol–water partition coefficient (Wildman–Crippen LogP) is 4.13. The lowest BCUT2D eigenvalue weighted by Gasteiger charge is -2.19. The van der Waals surface area contributed by atoms with Crippen molar-refractivity contribution >= 4 is 5.91 Å². The summed E-state index contributed by atoms with van der Waals surface area (Å²) >= 11 is 0. The van der Waals surface area contributed by atoms with Gasteiger partial charge in [-0.3, -0.25) is 4.79 Å². The predicted molar refractivity (Wildman–Crippen MR) is 115 cm³/mol. The van der Waals surface area contributed by atoms with E-state index in [0.29, 0.717) is 5.92 Å². The molecule has 0 bridgehead atoms. The summed E-state index contributed by atoms with van der Waals surface area (Å²) in [5.41, 5.74) is 2.42. The summed E-state index contributed by atoms with van der Waals surface area (Å²) in [5.74, 6) is 2.71. The number of rotatable bonds is 8. The molecule has 1 N–H and O–H groups in total. The van der Waals surface area contributed by atoms with Crippen molar-refractivity contribution in [3.63, 3.8) is 0 Å². The molecule has 2 unspecified atom stereocenters. The number of hydrogen-bond donors (Lipinski definition) is 1. The van der Waals surface area contributed by atoms with Crippen LogP contribution in [0.2, 0.25) is 0 Å². The highest BCUT2D eigenvalue weighted by molar-refractivity contribution is 5.87. The fourth-order valence-corrected chi connectivity index (χ4v) is 4.86. The Bertz CT molecular complexity index is 799. The van der Waals surface area contributed by atoms with Gasteiger partial charge in [-0.15, -0.1) is 0 Å². The molecule has 0 aromatic heterocycles. The number of carbonyl (C=O) groups excluding carboxylic acids is 1. The minimum atomic E-state index is -0.167. The summed E-state index contributed by atoms with van der Waals surface area (Å²) in [6, 6.07) is 6.85. The Hall–Kier alpha value is -2.20. The smallest absolute Gasteiger partial charge is 0.243 e. The lowest BCUT2D eigenvalue weighted by Crippen LogP contribution is -2.28. The van der Waals surface area contributed by atoms with Gasteiger partial charge in [0, 0.05) is 32.3 Å². The monoisotopic (exact) mass is 394 g/mol. The van der Waals surface area contributed by atoms with Crippen molar-refractivity contribution in [2.24, 2.45) is 23.7 Å². The minimum absolute atomic E-state index is 0.0133. The van der Waals surface area contributed by atoms with Gasteiger partial charge in [0.1, 0.15) is 5.82 Å². The number of allylic oxidation sites excluding steroid dienone is 5. The number of nitrogens with zero attached hydrogens (tertiary/aromatic N) is 1. The number of halogens is 1. The van der Waals surface area contributed by atoms with Crippen LogP contribution in [-0.4, -0.2) is 37.0 Å². The van der Waals surface area contributed by atoms with Crippen LogP contribution in [0.3, 0.4) is 0 Å². The second-order valence-corrected chi connectivity index (χ2v) is 8.77. The second-order valence-electron chi connectivity index (χ2n) is 8.77. The Balaban J connectivity index is 1.10. The summed E-state index contributed by atoms with van der Waals surface area (Å²) < 4.78 is 13.0. The Morgan fingerprint density at radius 2 is 2.00 bits per heavy atom. The molecule has 1 aromatic carbocycles. The Morgan fingerprint density at radius 1 is 1.24 bits per heavy atom. The number of carbonyl (C=O) groups is 1. The van der Waals surface area contributed by atoms with Crippen LogP contribution in [0.15, 0.2) is 60.2 Å². The largest absolute Gasteiger partial charge is 0.353 e. The molecular formula is C25H31FN2O. The van der Waals surface area contributed by atoms with Gasteiger partial charge in [-0.2, -0.15) is 0 Å². The van der Waals surface area contributed by atoms with Crippen molar-refractivity contribution in [2.45, 2.75) is 26.2 Å². The standard InChI is InChI=1S/C25H31FN2O/c1-18-4-2-3-5-20(18)8-11-25(29)27-14-12-22-23-16-28(17-24(22)23)15-13-19-6-9-21(26)10-7-19/h2-3,5-11,18,22-24H,4,12-17H2,1H3,(H,27,29)/b11-8+/t18?,22?,23-,24+. The van der Waals surface area contributed by atoms with E-state index >= 15 is 0 Å². The lowest BCUT2D eigenvalue weighted by atomic mass is 9.93. The zero-order valence-corrected chi connectivity index (χ0v) is 17.2. The maximum Gasteiger partial charge on any atom is 0.243 e. The third kappa shape index (κ3) is 5.24. The van der Waals surface area contributed by atoms with Crippen molar-refractivity contribution in [1.29, 1.82) is 0 Å². The number of amides is 1. The van der Waals surface area contributed by atoms with Gasteiger partial charge in [-0.25, -0.2) is 4.39 Å². The van der Waals surface area contributed by atoms with Crippen LogP contribution in [0.25, 0.3) is 0 Å². The maximum absolute atomic E-state index is 13.0. The number of likely N-dealkylation sites (tertiary alicyclic amines) is 1. The summed E-state index contributed by atoms with van der Waals surface area (Å²) in [5, 5.41) is 3.04. The molecule has 0 spiro atoms. The van der Waals surface area contributed by atoms with E-state index in [4.69, 9.17) is 0 Å². The van der Waals surface area contributed by atoms with Crippen molar-refractivity contribution in [1.82, 2.24) is 10.2 Å². The molecule has 1 aromatic rings. The molecule has 1 amide bonds. The quantitative estimate of drug-likeness (QED) is 0.673. The van der Waals surface area contributed by atoms with Crippen molar-refractivity contribution < 1.29 is 9.18 Å². The first-order valence-electron chi connectivity index (χ1n) is 10.9. The average molecular weight is 395 g/mol. The van der Waals surface area contributed by atoms with Gasteiger partial charge in [0.05, 0.1) is 0 Å². The van der Waals surface area contributed by atoms with Crippen LogP contribution >= 0.6 is 0 Å². The first-order valence-corrected chi connectivity index (χ1v) is 10.9. The van der Waals surface area contributed by atoms with Gasteiger partial charge >= 0.3 is 0 Å². The first kappa shape index (κ1) is 20.1. The van der Waals surface area contributed by atoms with Crippen LogP contribution in [-0.2, 0) is 11.2 Å². The van der Waals surface area contributed by atoms with Crippen LogP contribution in [0.4, 0.5) is 4.39 Å². The first-order chi connectivity index (χ1) is 14.1. The van der Waals surface area contributed by atoms with E-state index in [2.05, 4.69) is 35.4 Å².